The Morgan fingerprint density at radius 1 is 1.36 bits per heavy atom. The van der Waals surface area contributed by atoms with Gasteiger partial charge in [0.15, 0.2) is 0 Å². The van der Waals surface area contributed by atoms with Crippen LogP contribution in [0.2, 0.25) is 0 Å². The third-order valence-electron chi connectivity index (χ3n) is 2.90. The second-order valence-corrected chi connectivity index (χ2v) is 4.48. The molecule has 0 saturated heterocycles. The minimum Gasteiger partial charge on any atom is -0.395 e. The molecule has 0 saturated carbocycles. The van der Waals surface area contributed by atoms with Gasteiger partial charge in [-0.3, -0.25) is 0 Å². The van der Waals surface area contributed by atoms with Crippen LogP contribution in [0.15, 0.2) is 18.2 Å². The Kier molecular flexibility index (Phi) is 2.33. The van der Waals surface area contributed by atoms with Gasteiger partial charge in [0.05, 0.1) is 19.8 Å². The van der Waals surface area contributed by atoms with Crippen molar-refractivity contribution in [1.29, 1.82) is 0 Å². The van der Waals surface area contributed by atoms with Gasteiger partial charge >= 0.3 is 0 Å². The third kappa shape index (κ3) is 1.45. The second-order valence-electron chi connectivity index (χ2n) is 4.48. The molecule has 2 heteroatoms. The van der Waals surface area contributed by atoms with E-state index in [0.717, 1.165) is 0 Å². The maximum atomic E-state index is 9.34. The van der Waals surface area contributed by atoms with E-state index in [0.29, 0.717) is 13.2 Å². The number of fused-ring (bicyclic) bond motifs is 1. The van der Waals surface area contributed by atoms with Gasteiger partial charge in [-0.05, 0) is 16.7 Å². The van der Waals surface area contributed by atoms with E-state index in [2.05, 4.69) is 26.0 Å². The first-order valence-corrected chi connectivity index (χ1v) is 4.95. The summed E-state index contributed by atoms with van der Waals surface area (Å²) in [6.45, 7) is 5.69. The average molecular weight is 192 g/mol. The molecule has 14 heavy (non-hydrogen) atoms. The van der Waals surface area contributed by atoms with Crippen molar-refractivity contribution in [3.63, 3.8) is 0 Å². The van der Waals surface area contributed by atoms with E-state index < -0.39 is 0 Å². The fourth-order valence-electron chi connectivity index (χ4n) is 1.92. The lowest BCUT2D eigenvalue weighted by atomic mass is 9.82. The van der Waals surface area contributed by atoms with Crippen LogP contribution in [0.4, 0.5) is 0 Å². The lowest BCUT2D eigenvalue weighted by Gasteiger charge is -2.24. The van der Waals surface area contributed by atoms with Gasteiger partial charge in [0.2, 0.25) is 0 Å². The quantitative estimate of drug-likeness (QED) is 0.776. The zero-order valence-corrected chi connectivity index (χ0v) is 8.71. The Morgan fingerprint density at radius 2 is 2.14 bits per heavy atom. The molecule has 1 aromatic carbocycles. The lowest BCUT2D eigenvalue weighted by molar-refractivity contribution is 0.133. The molecule has 1 aromatic rings. The number of aliphatic hydroxyl groups excluding tert-OH is 1. The van der Waals surface area contributed by atoms with Crippen LogP contribution in [0.25, 0.3) is 0 Å². The largest absolute Gasteiger partial charge is 0.395 e. The maximum Gasteiger partial charge on any atom is 0.0727 e. The monoisotopic (exact) mass is 192 g/mol. The zero-order valence-electron chi connectivity index (χ0n) is 8.71. The van der Waals surface area contributed by atoms with Crippen molar-refractivity contribution in [2.75, 3.05) is 6.61 Å². The summed E-state index contributed by atoms with van der Waals surface area (Å²) >= 11 is 0. The molecule has 0 spiro atoms. The summed E-state index contributed by atoms with van der Waals surface area (Å²) in [6, 6.07) is 6.23. The smallest absolute Gasteiger partial charge is 0.0727 e. The first-order valence-electron chi connectivity index (χ1n) is 4.95. The SMILES string of the molecule is CC(C)(CO)c1cccc2c1COC2. The summed E-state index contributed by atoms with van der Waals surface area (Å²) < 4.78 is 5.41. The summed E-state index contributed by atoms with van der Waals surface area (Å²) in [7, 11) is 0. The van der Waals surface area contributed by atoms with Crippen molar-refractivity contribution in [1.82, 2.24) is 0 Å². The molecule has 2 rings (SSSR count). The Hall–Kier alpha value is -0.860. The molecule has 1 heterocycles. The minimum atomic E-state index is -0.168. The van der Waals surface area contributed by atoms with E-state index in [1.54, 1.807) is 0 Å². The van der Waals surface area contributed by atoms with Crippen LogP contribution in [-0.4, -0.2) is 11.7 Å². The zero-order chi connectivity index (χ0) is 10.2. The van der Waals surface area contributed by atoms with E-state index in [-0.39, 0.29) is 12.0 Å². The maximum absolute atomic E-state index is 9.34. The molecule has 0 amide bonds. The Balaban J connectivity index is 2.49. The number of hydrogen-bond donors (Lipinski definition) is 1. The molecule has 0 radical (unpaired) electrons. The molecule has 1 N–H and O–H groups in total. The van der Waals surface area contributed by atoms with Gasteiger partial charge < -0.3 is 9.84 Å². The van der Waals surface area contributed by atoms with Crippen molar-refractivity contribution in [3.8, 4) is 0 Å². The molecule has 1 aliphatic rings. The number of aliphatic hydroxyl groups is 1. The van der Waals surface area contributed by atoms with Crippen molar-refractivity contribution < 1.29 is 9.84 Å². The van der Waals surface area contributed by atoms with Crippen LogP contribution in [0, 0.1) is 0 Å². The lowest BCUT2D eigenvalue weighted by Crippen LogP contribution is -2.23. The summed E-state index contributed by atoms with van der Waals surface area (Å²) in [4.78, 5) is 0. The van der Waals surface area contributed by atoms with Gasteiger partial charge in [0.1, 0.15) is 0 Å². The fourth-order valence-corrected chi connectivity index (χ4v) is 1.92. The molecule has 0 atom stereocenters. The molecular formula is C12H16O2. The predicted octanol–water partition coefficient (Wildman–Crippen LogP) is 1.99. The van der Waals surface area contributed by atoms with E-state index in [1.165, 1.54) is 16.7 Å². The van der Waals surface area contributed by atoms with Gasteiger partial charge in [-0.15, -0.1) is 0 Å². The Bertz CT molecular complexity index is 342. The van der Waals surface area contributed by atoms with E-state index in [9.17, 15) is 5.11 Å². The van der Waals surface area contributed by atoms with Crippen molar-refractivity contribution in [2.45, 2.75) is 32.5 Å². The van der Waals surface area contributed by atoms with Crippen LogP contribution in [0.1, 0.15) is 30.5 Å². The molecular weight excluding hydrogens is 176 g/mol. The van der Waals surface area contributed by atoms with Crippen molar-refractivity contribution in [3.05, 3.63) is 34.9 Å². The van der Waals surface area contributed by atoms with Crippen molar-refractivity contribution in [2.24, 2.45) is 0 Å². The van der Waals surface area contributed by atoms with Crippen LogP contribution < -0.4 is 0 Å². The fraction of sp³-hybridized carbons (Fsp3) is 0.500. The molecule has 0 bridgehead atoms. The topological polar surface area (TPSA) is 29.5 Å². The average Bonchev–Trinajstić information content (AvgIpc) is 2.64. The highest BCUT2D eigenvalue weighted by Gasteiger charge is 2.25. The normalized spacial score (nSPS) is 15.6. The first kappa shape index (κ1) is 9.69. The molecule has 2 nitrogen and oxygen atoms in total. The number of hydrogen-bond acceptors (Lipinski definition) is 2. The molecule has 1 aliphatic heterocycles. The van der Waals surface area contributed by atoms with Gasteiger partial charge in [0, 0.05) is 5.41 Å². The van der Waals surface area contributed by atoms with Gasteiger partial charge in [0.25, 0.3) is 0 Å². The van der Waals surface area contributed by atoms with Gasteiger partial charge in [-0.1, -0.05) is 32.0 Å². The summed E-state index contributed by atoms with van der Waals surface area (Å²) in [5.74, 6) is 0. The second kappa shape index (κ2) is 3.37. The van der Waals surface area contributed by atoms with Crippen molar-refractivity contribution >= 4 is 0 Å². The number of rotatable bonds is 2. The third-order valence-corrected chi connectivity index (χ3v) is 2.90. The van der Waals surface area contributed by atoms with Gasteiger partial charge in [-0.25, -0.2) is 0 Å². The van der Waals surface area contributed by atoms with Crippen LogP contribution in [-0.2, 0) is 23.4 Å². The molecule has 76 valence electrons. The first-order chi connectivity index (χ1) is 6.65. The summed E-state index contributed by atoms with van der Waals surface area (Å²) in [5.41, 5.74) is 3.59. The molecule has 0 aliphatic carbocycles. The van der Waals surface area contributed by atoms with Crippen LogP contribution in [0.5, 0.6) is 0 Å². The van der Waals surface area contributed by atoms with E-state index in [1.807, 2.05) is 6.07 Å². The van der Waals surface area contributed by atoms with E-state index in [4.69, 9.17) is 4.74 Å². The highest BCUT2D eigenvalue weighted by atomic mass is 16.5. The Morgan fingerprint density at radius 3 is 2.86 bits per heavy atom. The highest BCUT2D eigenvalue weighted by molar-refractivity contribution is 5.40. The van der Waals surface area contributed by atoms with E-state index >= 15 is 0 Å². The van der Waals surface area contributed by atoms with Gasteiger partial charge in [-0.2, -0.15) is 0 Å². The molecule has 0 fully saturated rings. The number of benzene rings is 1. The standard InChI is InChI=1S/C12H16O2/c1-12(2,8-13)11-5-3-4-9-6-14-7-10(9)11/h3-5,13H,6-8H2,1-2H3. The molecule has 0 unspecified atom stereocenters. The summed E-state index contributed by atoms with van der Waals surface area (Å²) in [5, 5.41) is 9.34. The predicted molar refractivity (Wildman–Crippen MR) is 55.0 cm³/mol. The van der Waals surface area contributed by atoms with Crippen LogP contribution >= 0.6 is 0 Å². The molecule has 0 aromatic heterocycles. The highest BCUT2D eigenvalue weighted by Crippen LogP contribution is 2.31. The minimum absolute atomic E-state index is 0.168. The Labute approximate surface area is 84.5 Å². The number of ether oxygens (including phenoxy) is 1. The summed E-state index contributed by atoms with van der Waals surface area (Å²) in [6.07, 6.45) is 0. The van der Waals surface area contributed by atoms with Crippen LogP contribution in [0.3, 0.4) is 0 Å².